The van der Waals surface area contributed by atoms with Gasteiger partial charge in [-0.25, -0.2) is 0 Å². The molecule has 190 valence electrons. The average Bonchev–Trinajstić information content (AvgIpc) is 2.82. The number of hydrogen-bond donors (Lipinski definition) is 1. The third kappa shape index (κ3) is 5.96. The zero-order chi connectivity index (χ0) is 26.6. The lowest BCUT2D eigenvalue weighted by Gasteiger charge is -2.24. The molecule has 0 aliphatic rings. The number of benzene rings is 2. The molecule has 1 aromatic heterocycles. The highest BCUT2D eigenvalue weighted by Gasteiger charge is 2.33. The zero-order valence-corrected chi connectivity index (χ0v) is 20.6. The number of aliphatic carboxylic acids is 1. The second-order valence-electron chi connectivity index (χ2n) is 8.16. The molecule has 0 aliphatic heterocycles. The maximum Gasteiger partial charge on any atom is 0.433 e. The molecule has 0 atom stereocenters. The largest absolute Gasteiger partial charge is 0.495 e. The van der Waals surface area contributed by atoms with Crippen molar-refractivity contribution in [2.45, 2.75) is 32.4 Å². The predicted molar refractivity (Wildman–Crippen MR) is 131 cm³/mol. The minimum Gasteiger partial charge on any atom is -0.495 e. The molecule has 0 aliphatic carbocycles. The Kier molecular flexibility index (Phi) is 8.24. The first-order valence-electron chi connectivity index (χ1n) is 10.9. The van der Waals surface area contributed by atoms with Crippen LogP contribution in [0.2, 0.25) is 5.02 Å². The minimum atomic E-state index is -4.58. The van der Waals surface area contributed by atoms with Crippen molar-refractivity contribution in [1.29, 1.82) is 0 Å². The van der Waals surface area contributed by atoms with E-state index in [2.05, 4.69) is 4.98 Å². The molecular weight excluding hydrogens is 497 g/mol. The van der Waals surface area contributed by atoms with E-state index in [0.717, 1.165) is 17.8 Å². The molecule has 0 fully saturated rings. The summed E-state index contributed by atoms with van der Waals surface area (Å²) in [7, 11) is 3.04. The Morgan fingerprint density at radius 2 is 1.86 bits per heavy atom. The van der Waals surface area contributed by atoms with Crippen LogP contribution < -0.4 is 9.64 Å². The maximum absolute atomic E-state index is 13.5. The molecule has 1 amide bonds. The van der Waals surface area contributed by atoms with E-state index in [1.165, 1.54) is 37.1 Å². The number of methoxy groups -OCH3 is 1. The van der Waals surface area contributed by atoms with Gasteiger partial charge in [0.15, 0.2) is 0 Å². The second-order valence-corrected chi connectivity index (χ2v) is 8.56. The number of hydrogen-bond acceptors (Lipinski definition) is 4. The van der Waals surface area contributed by atoms with Gasteiger partial charge in [-0.1, -0.05) is 23.7 Å². The van der Waals surface area contributed by atoms with Crippen LogP contribution in [0.4, 0.5) is 18.9 Å². The van der Waals surface area contributed by atoms with Gasteiger partial charge >= 0.3 is 12.1 Å². The van der Waals surface area contributed by atoms with Gasteiger partial charge < -0.3 is 14.7 Å². The molecule has 10 heteroatoms. The summed E-state index contributed by atoms with van der Waals surface area (Å²) in [6, 6.07) is 10.7. The molecule has 0 bridgehead atoms. The monoisotopic (exact) mass is 520 g/mol. The first-order chi connectivity index (χ1) is 16.9. The number of nitrogens with zero attached hydrogens (tertiary/aromatic N) is 2. The molecule has 0 saturated heterocycles. The number of anilines is 1. The molecular formula is C26H24ClF3N2O4. The summed E-state index contributed by atoms with van der Waals surface area (Å²) in [5.74, 6) is -0.879. The Balaban J connectivity index is 1.99. The lowest BCUT2D eigenvalue weighted by atomic mass is 9.99. The molecule has 0 spiro atoms. The number of para-hydroxylation sites is 1. The normalized spacial score (nSPS) is 11.3. The van der Waals surface area contributed by atoms with Crippen LogP contribution in [-0.4, -0.2) is 36.1 Å². The smallest absolute Gasteiger partial charge is 0.433 e. The minimum absolute atomic E-state index is 0.0185. The number of carbonyl (C=O) groups is 2. The van der Waals surface area contributed by atoms with Gasteiger partial charge in [0.25, 0.3) is 5.91 Å². The fourth-order valence-corrected chi connectivity index (χ4v) is 4.12. The number of aromatic nitrogens is 1. The summed E-state index contributed by atoms with van der Waals surface area (Å²) in [6.07, 6.45) is -2.71. The zero-order valence-electron chi connectivity index (χ0n) is 19.8. The van der Waals surface area contributed by atoms with Gasteiger partial charge in [-0.3, -0.25) is 14.6 Å². The highest BCUT2D eigenvalue weighted by atomic mass is 35.5. The number of ether oxygens (including phenoxy) is 1. The number of halogens is 4. The van der Waals surface area contributed by atoms with Crippen molar-refractivity contribution >= 4 is 29.2 Å². The van der Waals surface area contributed by atoms with Crippen molar-refractivity contribution in [3.05, 3.63) is 76.1 Å². The summed E-state index contributed by atoms with van der Waals surface area (Å²) < 4.78 is 44.6. The van der Waals surface area contributed by atoms with E-state index in [0.29, 0.717) is 41.0 Å². The van der Waals surface area contributed by atoms with Gasteiger partial charge in [-0.15, -0.1) is 0 Å². The number of rotatable bonds is 8. The highest BCUT2D eigenvalue weighted by Crippen LogP contribution is 2.36. The van der Waals surface area contributed by atoms with Crippen LogP contribution in [-0.2, 0) is 17.4 Å². The fourth-order valence-electron chi connectivity index (χ4n) is 3.90. The Morgan fingerprint density at radius 3 is 2.47 bits per heavy atom. The molecule has 6 nitrogen and oxygen atoms in total. The van der Waals surface area contributed by atoms with E-state index < -0.39 is 23.7 Å². The molecule has 1 N–H and O–H groups in total. The van der Waals surface area contributed by atoms with Crippen molar-refractivity contribution in [3.8, 4) is 16.9 Å². The van der Waals surface area contributed by atoms with Crippen LogP contribution in [0.3, 0.4) is 0 Å². The summed E-state index contributed by atoms with van der Waals surface area (Å²) in [5.41, 5.74) is 1.52. The van der Waals surface area contributed by atoms with E-state index in [4.69, 9.17) is 21.4 Å². The van der Waals surface area contributed by atoms with E-state index in [9.17, 15) is 22.8 Å². The summed E-state index contributed by atoms with van der Waals surface area (Å²) in [4.78, 5) is 29.3. The van der Waals surface area contributed by atoms with Crippen molar-refractivity contribution < 1.29 is 32.6 Å². The van der Waals surface area contributed by atoms with Crippen LogP contribution >= 0.6 is 11.6 Å². The third-order valence-corrected chi connectivity index (χ3v) is 6.01. The van der Waals surface area contributed by atoms with Crippen LogP contribution in [0.25, 0.3) is 11.1 Å². The number of carboxylic acid groups (broad SMARTS) is 1. The highest BCUT2D eigenvalue weighted by molar-refractivity contribution is 6.33. The van der Waals surface area contributed by atoms with Gasteiger partial charge in [-0.05, 0) is 61.2 Å². The first kappa shape index (κ1) is 27.0. The molecule has 0 unspecified atom stereocenters. The number of carbonyl (C=O) groups excluding carboxylic acids is 1. The van der Waals surface area contributed by atoms with Crippen LogP contribution in [0, 0.1) is 6.92 Å². The molecule has 36 heavy (non-hydrogen) atoms. The van der Waals surface area contributed by atoms with E-state index in [-0.39, 0.29) is 17.0 Å². The molecule has 0 radical (unpaired) electrons. The Bertz CT molecular complexity index is 1290. The van der Waals surface area contributed by atoms with E-state index in [1.807, 2.05) is 0 Å². The average molecular weight is 521 g/mol. The number of pyridine rings is 1. The molecule has 3 aromatic rings. The lowest BCUT2D eigenvalue weighted by molar-refractivity contribution is -0.141. The topological polar surface area (TPSA) is 79.7 Å². The van der Waals surface area contributed by atoms with E-state index in [1.54, 1.807) is 25.2 Å². The van der Waals surface area contributed by atoms with Crippen LogP contribution in [0.15, 0.2) is 48.7 Å². The third-order valence-electron chi connectivity index (χ3n) is 5.68. The Hall–Kier alpha value is -3.59. The number of amides is 1. The van der Waals surface area contributed by atoms with Gasteiger partial charge in [0.2, 0.25) is 0 Å². The van der Waals surface area contributed by atoms with Crippen LogP contribution in [0.1, 0.15) is 40.0 Å². The van der Waals surface area contributed by atoms with Gasteiger partial charge in [0, 0.05) is 41.4 Å². The van der Waals surface area contributed by atoms with Crippen molar-refractivity contribution in [2.75, 3.05) is 19.1 Å². The van der Waals surface area contributed by atoms with Crippen molar-refractivity contribution in [1.82, 2.24) is 4.98 Å². The molecule has 3 rings (SSSR count). The van der Waals surface area contributed by atoms with Gasteiger partial charge in [0.1, 0.15) is 11.4 Å². The molecule has 2 aromatic carbocycles. The molecule has 1 heterocycles. The quantitative estimate of drug-likeness (QED) is 0.370. The van der Waals surface area contributed by atoms with Crippen molar-refractivity contribution in [2.24, 2.45) is 0 Å². The summed E-state index contributed by atoms with van der Waals surface area (Å²) >= 11 is 6.35. The first-order valence-corrected chi connectivity index (χ1v) is 11.3. The Morgan fingerprint density at radius 1 is 1.14 bits per heavy atom. The number of alkyl halides is 3. The number of aryl methyl sites for hydroxylation is 2. The van der Waals surface area contributed by atoms with E-state index >= 15 is 0 Å². The Labute approximate surface area is 211 Å². The van der Waals surface area contributed by atoms with Crippen molar-refractivity contribution in [3.63, 3.8) is 0 Å². The lowest BCUT2D eigenvalue weighted by Crippen LogP contribution is -2.28. The maximum atomic E-state index is 13.5. The van der Waals surface area contributed by atoms with Gasteiger partial charge in [-0.2, -0.15) is 13.2 Å². The molecule has 0 saturated carbocycles. The SMILES string of the molecule is COc1cccc(CCCC(=O)O)c1N(C)C(=O)c1ccc(Cl)c(-c2cnc(C(F)(F)F)cc2C)c1. The predicted octanol–water partition coefficient (Wildman–Crippen LogP) is 6.42. The van der Waals surface area contributed by atoms with Gasteiger partial charge in [0.05, 0.1) is 12.8 Å². The second kappa shape index (κ2) is 11.0. The summed E-state index contributed by atoms with van der Waals surface area (Å²) in [5, 5.41) is 9.22. The summed E-state index contributed by atoms with van der Waals surface area (Å²) in [6.45, 7) is 1.52. The standard InChI is InChI=1S/C26H24ClF3N2O4/c1-15-12-22(26(28,29)30)31-14-19(15)18-13-17(10-11-20(18)27)25(35)32(2)24-16(7-5-9-23(33)34)6-4-8-21(24)36-3/h4,6,8,10-14H,5,7,9H2,1-3H3,(H,33,34). The fraction of sp³-hybridized carbons (Fsp3) is 0.269. The number of carboxylic acids is 1. The van der Waals surface area contributed by atoms with Crippen LogP contribution in [0.5, 0.6) is 5.75 Å².